The Kier molecular flexibility index (Phi) is 9.88. The molecule has 2 aliphatic heterocycles. The summed E-state index contributed by atoms with van der Waals surface area (Å²) in [4.78, 5) is 7.24. The SMILES string of the molecule is CCCN1CCC(CN=C(NCC)NC2CCS(=O)(=O)C2)CC1.I. The Morgan fingerprint density at radius 1 is 1.21 bits per heavy atom. The molecule has 2 N–H and O–H groups in total. The van der Waals surface area contributed by atoms with Crippen LogP contribution in [0.2, 0.25) is 0 Å². The van der Waals surface area contributed by atoms with Crippen LogP contribution in [-0.2, 0) is 9.84 Å². The molecule has 1 unspecified atom stereocenters. The lowest BCUT2D eigenvalue weighted by atomic mass is 9.97. The molecule has 1 atom stereocenters. The van der Waals surface area contributed by atoms with Crippen molar-refractivity contribution in [2.45, 2.75) is 45.6 Å². The molecule has 0 aromatic heterocycles. The molecule has 2 saturated heterocycles. The molecule has 0 amide bonds. The first-order valence-corrected chi connectivity index (χ1v) is 10.8. The highest BCUT2D eigenvalue weighted by atomic mass is 127. The molecule has 0 aromatic rings. The largest absolute Gasteiger partial charge is 0.357 e. The van der Waals surface area contributed by atoms with Crippen LogP contribution in [0.3, 0.4) is 0 Å². The van der Waals surface area contributed by atoms with Crippen molar-refractivity contribution in [2.75, 3.05) is 44.2 Å². The van der Waals surface area contributed by atoms with Crippen LogP contribution in [0.5, 0.6) is 0 Å². The topological polar surface area (TPSA) is 73.8 Å². The van der Waals surface area contributed by atoms with Crippen LogP contribution in [0.15, 0.2) is 4.99 Å². The lowest BCUT2D eigenvalue weighted by Crippen LogP contribution is -2.44. The quantitative estimate of drug-likeness (QED) is 0.348. The van der Waals surface area contributed by atoms with Gasteiger partial charge in [0.2, 0.25) is 0 Å². The minimum Gasteiger partial charge on any atom is -0.357 e. The summed E-state index contributed by atoms with van der Waals surface area (Å²) < 4.78 is 23.1. The number of hydrogen-bond acceptors (Lipinski definition) is 4. The van der Waals surface area contributed by atoms with Crippen molar-refractivity contribution in [1.82, 2.24) is 15.5 Å². The maximum absolute atomic E-state index is 11.6. The van der Waals surface area contributed by atoms with Gasteiger partial charge in [0.05, 0.1) is 11.5 Å². The molecule has 0 aliphatic carbocycles. The lowest BCUT2D eigenvalue weighted by molar-refractivity contribution is 0.188. The first kappa shape index (κ1) is 22.0. The fraction of sp³-hybridized carbons (Fsp3) is 0.938. The number of aliphatic imine (C=N–C) groups is 1. The molecule has 2 heterocycles. The Bertz CT molecular complexity index is 490. The minimum atomic E-state index is -2.85. The molecule has 2 fully saturated rings. The second kappa shape index (κ2) is 10.8. The molecular weight excluding hydrogens is 439 g/mol. The molecule has 8 heteroatoms. The standard InChI is InChI=1S/C16H32N4O2S.HI/c1-3-8-20-9-5-14(6-10-20)12-18-16(17-4-2)19-15-7-11-23(21,22)13-15;/h14-15H,3-13H2,1-2H3,(H2,17,18,19);1H. The van der Waals surface area contributed by atoms with Crippen LogP contribution >= 0.6 is 24.0 Å². The van der Waals surface area contributed by atoms with Crippen molar-refractivity contribution in [3.63, 3.8) is 0 Å². The van der Waals surface area contributed by atoms with Gasteiger partial charge >= 0.3 is 0 Å². The Hall–Kier alpha value is -0.0900. The summed E-state index contributed by atoms with van der Waals surface area (Å²) in [5.74, 6) is 1.93. The summed E-state index contributed by atoms with van der Waals surface area (Å²) in [5, 5.41) is 6.53. The molecule has 0 bridgehead atoms. The molecular formula is C16H33IN4O2S. The van der Waals surface area contributed by atoms with E-state index in [1.165, 1.54) is 38.9 Å². The highest BCUT2D eigenvalue weighted by Crippen LogP contribution is 2.17. The zero-order valence-electron chi connectivity index (χ0n) is 15.0. The number of sulfone groups is 1. The Labute approximate surface area is 164 Å². The van der Waals surface area contributed by atoms with Crippen molar-refractivity contribution in [2.24, 2.45) is 10.9 Å². The number of nitrogens with one attached hydrogen (secondary N) is 2. The van der Waals surface area contributed by atoms with E-state index in [0.717, 1.165) is 19.0 Å². The molecule has 6 nitrogen and oxygen atoms in total. The van der Waals surface area contributed by atoms with Crippen LogP contribution in [0.1, 0.15) is 39.5 Å². The van der Waals surface area contributed by atoms with Gasteiger partial charge in [0.1, 0.15) is 0 Å². The average Bonchev–Trinajstić information content (AvgIpc) is 2.86. The molecule has 0 spiro atoms. The average molecular weight is 472 g/mol. The molecule has 0 radical (unpaired) electrons. The fourth-order valence-electron chi connectivity index (χ4n) is 3.35. The third-order valence-corrected chi connectivity index (χ3v) is 6.44. The first-order valence-electron chi connectivity index (χ1n) is 9.00. The maximum Gasteiger partial charge on any atom is 0.191 e. The number of guanidine groups is 1. The number of likely N-dealkylation sites (tertiary alicyclic amines) is 1. The number of rotatable bonds is 6. The van der Waals surface area contributed by atoms with E-state index in [2.05, 4.69) is 22.5 Å². The highest BCUT2D eigenvalue weighted by molar-refractivity contribution is 14.0. The third kappa shape index (κ3) is 7.43. The van der Waals surface area contributed by atoms with E-state index in [0.29, 0.717) is 18.1 Å². The number of hydrogen-bond donors (Lipinski definition) is 2. The van der Waals surface area contributed by atoms with E-state index in [-0.39, 0.29) is 35.8 Å². The minimum absolute atomic E-state index is 0. The first-order chi connectivity index (χ1) is 11.0. The van der Waals surface area contributed by atoms with Gasteiger partial charge < -0.3 is 15.5 Å². The van der Waals surface area contributed by atoms with Crippen molar-refractivity contribution < 1.29 is 8.42 Å². The Morgan fingerprint density at radius 3 is 2.46 bits per heavy atom. The maximum atomic E-state index is 11.6. The van der Waals surface area contributed by atoms with Gasteiger partial charge in [-0.15, -0.1) is 24.0 Å². The Balaban J connectivity index is 0.00000288. The normalized spacial score (nSPS) is 25.2. The lowest BCUT2D eigenvalue weighted by Gasteiger charge is -2.31. The monoisotopic (exact) mass is 472 g/mol. The summed E-state index contributed by atoms with van der Waals surface area (Å²) in [6.07, 6.45) is 4.32. The van der Waals surface area contributed by atoms with Gasteiger partial charge in [0, 0.05) is 19.1 Å². The third-order valence-electron chi connectivity index (χ3n) is 4.67. The summed E-state index contributed by atoms with van der Waals surface area (Å²) >= 11 is 0. The number of nitrogens with zero attached hydrogens (tertiary/aromatic N) is 2. The molecule has 2 aliphatic rings. The van der Waals surface area contributed by atoms with E-state index in [9.17, 15) is 8.42 Å². The molecule has 0 saturated carbocycles. The van der Waals surface area contributed by atoms with Crippen molar-refractivity contribution in [1.29, 1.82) is 0 Å². The predicted octanol–water partition coefficient (Wildman–Crippen LogP) is 1.47. The molecule has 24 heavy (non-hydrogen) atoms. The van der Waals surface area contributed by atoms with Gasteiger partial charge in [0.25, 0.3) is 0 Å². The van der Waals surface area contributed by atoms with E-state index in [1.54, 1.807) is 0 Å². The fourth-order valence-corrected chi connectivity index (χ4v) is 5.02. The van der Waals surface area contributed by atoms with Crippen LogP contribution in [0.25, 0.3) is 0 Å². The van der Waals surface area contributed by atoms with Gasteiger partial charge in [-0.25, -0.2) is 8.42 Å². The van der Waals surface area contributed by atoms with Gasteiger partial charge in [-0.2, -0.15) is 0 Å². The van der Waals surface area contributed by atoms with Crippen LogP contribution in [0.4, 0.5) is 0 Å². The zero-order chi connectivity index (χ0) is 16.7. The summed E-state index contributed by atoms with van der Waals surface area (Å²) in [6, 6.07) is 0.00389. The van der Waals surface area contributed by atoms with Crippen molar-refractivity contribution >= 4 is 39.8 Å². The zero-order valence-corrected chi connectivity index (χ0v) is 18.1. The smallest absolute Gasteiger partial charge is 0.191 e. The molecule has 0 aromatic carbocycles. The van der Waals surface area contributed by atoms with Crippen LogP contribution in [0, 0.1) is 5.92 Å². The number of piperidine rings is 1. The summed E-state index contributed by atoms with van der Waals surface area (Å²) in [7, 11) is -2.85. The van der Waals surface area contributed by atoms with Gasteiger partial charge in [-0.05, 0) is 58.2 Å². The van der Waals surface area contributed by atoms with Gasteiger partial charge in [0.15, 0.2) is 15.8 Å². The van der Waals surface area contributed by atoms with E-state index in [1.807, 2.05) is 6.92 Å². The second-order valence-corrected chi connectivity index (χ2v) is 8.98. The van der Waals surface area contributed by atoms with Crippen molar-refractivity contribution in [3.05, 3.63) is 0 Å². The summed E-state index contributed by atoms with van der Waals surface area (Å²) in [6.45, 7) is 9.45. The number of halogens is 1. The Morgan fingerprint density at radius 2 is 1.92 bits per heavy atom. The van der Waals surface area contributed by atoms with Crippen molar-refractivity contribution in [3.8, 4) is 0 Å². The van der Waals surface area contributed by atoms with Gasteiger partial charge in [-0.3, -0.25) is 4.99 Å². The predicted molar refractivity (Wildman–Crippen MR) is 111 cm³/mol. The van der Waals surface area contributed by atoms with E-state index in [4.69, 9.17) is 4.99 Å². The van der Waals surface area contributed by atoms with E-state index < -0.39 is 9.84 Å². The van der Waals surface area contributed by atoms with E-state index >= 15 is 0 Å². The van der Waals surface area contributed by atoms with Crippen LogP contribution < -0.4 is 10.6 Å². The molecule has 142 valence electrons. The summed E-state index contributed by atoms with van der Waals surface area (Å²) in [5.41, 5.74) is 0. The second-order valence-electron chi connectivity index (χ2n) is 6.75. The van der Waals surface area contributed by atoms with Gasteiger partial charge in [-0.1, -0.05) is 6.92 Å². The van der Waals surface area contributed by atoms with Crippen LogP contribution in [-0.4, -0.2) is 69.5 Å². The molecule has 2 rings (SSSR count). The highest BCUT2D eigenvalue weighted by Gasteiger charge is 2.28.